The summed E-state index contributed by atoms with van der Waals surface area (Å²) in [7, 11) is 0. The van der Waals surface area contributed by atoms with Crippen LogP contribution in [-0.4, -0.2) is 82.4 Å². The number of aliphatic carboxylic acids is 2. The zero-order chi connectivity index (χ0) is 28.7. The zero-order valence-corrected chi connectivity index (χ0v) is 21.9. The van der Waals surface area contributed by atoms with Crippen LogP contribution in [0.2, 0.25) is 0 Å². The van der Waals surface area contributed by atoms with Crippen LogP contribution in [0.15, 0.2) is 42.5 Å². The van der Waals surface area contributed by atoms with Crippen LogP contribution in [0.4, 0.5) is 18.9 Å². The van der Waals surface area contributed by atoms with Crippen LogP contribution in [0, 0.1) is 0 Å². The third-order valence-electron chi connectivity index (χ3n) is 5.40. The molecule has 13 heteroatoms. The van der Waals surface area contributed by atoms with E-state index in [4.69, 9.17) is 21.4 Å². The summed E-state index contributed by atoms with van der Waals surface area (Å²) in [5, 5.41) is 22.4. The number of hydrogen-bond acceptors (Lipinski definition) is 7. The van der Waals surface area contributed by atoms with Gasteiger partial charge in [0.05, 0.1) is 6.04 Å². The number of nitrogens with two attached hydrogens (primary N) is 2. The molecular weight excluding hydrogens is 525 g/mol. The lowest BCUT2D eigenvalue weighted by molar-refractivity contribution is -0.192. The summed E-state index contributed by atoms with van der Waals surface area (Å²) in [5.41, 5.74) is 12.5. The minimum absolute atomic E-state index is 0.103. The summed E-state index contributed by atoms with van der Waals surface area (Å²) in [4.78, 5) is 35.4. The van der Waals surface area contributed by atoms with Crippen molar-refractivity contribution in [3.8, 4) is 0 Å². The molecule has 0 unspecified atom stereocenters. The van der Waals surface area contributed by atoms with Crippen LogP contribution in [0.3, 0.4) is 0 Å². The predicted molar refractivity (Wildman–Crippen MR) is 143 cm³/mol. The number of thioether (sulfide) groups is 1. The molecule has 7 N–H and O–H groups in total. The number of alkyl halides is 3. The molecule has 0 aliphatic carbocycles. The monoisotopic (exact) mass is 560 g/mol. The number of unbranched alkanes of at least 4 members (excludes halogenated alkanes) is 1. The van der Waals surface area contributed by atoms with Gasteiger partial charge in [-0.1, -0.05) is 43.7 Å². The highest BCUT2D eigenvalue weighted by Crippen LogP contribution is 2.19. The number of carbonyl (C=O) groups excluding carboxylic acids is 1. The maximum atomic E-state index is 13.0. The van der Waals surface area contributed by atoms with Crippen molar-refractivity contribution in [2.24, 2.45) is 11.5 Å². The topological polar surface area (TPSA) is 159 Å². The zero-order valence-electron chi connectivity index (χ0n) is 21.1. The molecule has 38 heavy (non-hydrogen) atoms. The fraction of sp³-hybridized carbons (Fsp3) is 0.480. The van der Waals surface area contributed by atoms with Gasteiger partial charge < -0.3 is 31.9 Å². The molecule has 0 fully saturated rings. The fourth-order valence-corrected chi connectivity index (χ4v) is 4.03. The lowest BCUT2D eigenvalue weighted by Crippen LogP contribution is -2.54. The Labute approximate surface area is 223 Å². The highest BCUT2D eigenvalue weighted by Gasteiger charge is 2.38. The van der Waals surface area contributed by atoms with Crippen molar-refractivity contribution in [3.63, 3.8) is 0 Å². The molecule has 0 aliphatic rings. The Bertz CT molecular complexity index is 1040. The smallest absolute Gasteiger partial charge is 0.480 e. The molecule has 0 radical (unpaired) electrons. The lowest BCUT2D eigenvalue weighted by atomic mass is 10.1. The Morgan fingerprint density at radius 2 is 1.71 bits per heavy atom. The summed E-state index contributed by atoms with van der Waals surface area (Å²) >= 11 is 1.67. The molecule has 0 spiro atoms. The number of hydrogen-bond donors (Lipinski definition) is 5. The second-order valence-electron chi connectivity index (χ2n) is 8.22. The number of fused-ring (bicyclic) bond motifs is 1. The van der Waals surface area contributed by atoms with Crippen molar-refractivity contribution in [1.29, 1.82) is 0 Å². The minimum Gasteiger partial charge on any atom is -0.480 e. The van der Waals surface area contributed by atoms with E-state index in [2.05, 4.69) is 5.32 Å². The van der Waals surface area contributed by atoms with E-state index in [-0.39, 0.29) is 12.5 Å². The standard InChI is InChI=1S/C23H34N4O3S.C2HF3O2/c1-2-31-14-13-27(22(28)20(25)9-5-6-12-24)21(23(29)30)16-26-19-11-10-17-7-3-4-8-18(17)15-19;3-2(4,5)1(6)7/h3-4,7-8,10-11,15,20-21,26H,2,5-6,9,12-14,16,24-25H2,1H3,(H,29,30);(H,6,7)/t20-,21+;/m1./s1. The van der Waals surface area contributed by atoms with Crippen LogP contribution in [0.25, 0.3) is 10.8 Å². The maximum Gasteiger partial charge on any atom is 0.490 e. The van der Waals surface area contributed by atoms with Crippen molar-refractivity contribution in [1.82, 2.24) is 4.90 Å². The van der Waals surface area contributed by atoms with E-state index in [1.165, 1.54) is 4.90 Å². The van der Waals surface area contributed by atoms with E-state index >= 15 is 0 Å². The molecule has 2 rings (SSSR count). The molecule has 1 amide bonds. The number of rotatable bonds is 14. The first-order valence-corrected chi connectivity index (χ1v) is 13.2. The minimum atomic E-state index is -5.08. The number of amides is 1. The number of nitrogens with one attached hydrogen (secondary N) is 1. The highest BCUT2D eigenvalue weighted by atomic mass is 32.2. The Morgan fingerprint density at radius 1 is 1.08 bits per heavy atom. The summed E-state index contributed by atoms with van der Waals surface area (Å²) in [5.74, 6) is -2.55. The van der Waals surface area contributed by atoms with Crippen molar-refractivity contribution in [2.45, 2.75) is 44.4 Å². The second kappa shape index (κ2) is 16.7. The largest absolute Gasteiger partial charge is 0.490 e. The Balaban J connectivity index is 0.000000905. The van der Waals surface area contributed by atoms with Crippen molar-refractivity contribution in [3.05, 3.63) is 42.5 Å². The van der Waals surface area contributed by atoms with Crippen LogP contribution in [0.1, 0.15) is 26.2 Å². The Hall–Kier alpha value is -3.03. The van der Waals surface area contributed by atoms with Gasteiger partial charge in [-0.25, -0.2) is 9.59 Å². The van der Waals surface area contributed by atoms with Crippen LogP contribution >= 0.6 is 11.8 Å². The van der Waals surface area contributed by atoms with Gasteiger partial charge in [-0.2, -0.15) is 24.9 Å². The normalized spacial score (nSPS) is 12.7. The van der Waals surface area contributed by atoms with Gasteiger partial charge in [0.15, 0.2) is 0 Å². The van der Waals surface area contributed by atoms with Gasteiger partial charge in [0.2, 0.25) is 5.91 Å². The quantitative estimate of drug-likeness (QED) is 0.218. The van der Waals surface area contributed by atoms with Crippen molar-refractivity contribution >= 4 is 46.1 Å². The molecule has 0 aromatic heterocycles. The lowest BCUT2D eigenvalue weighted by Gasteiger charge is -2.31. The Morgan fingerprint density at radius 3 is 2.26 bits per heavy atom. The average molecular weight is 561 g/mol. The van der Waals surface area contributed by atoms with Crippen LogP contribution in [-0.2, 0) is 14.4 Å². The number of nitrogens with zero attached hydrogens (tertiary/aromatic N) is 1. The van der Waals surface area contributed by atoms with Gasteiger partial charge >= 0.3 is 18.1 Å². The molecule has 0 bridgehead atoms. The summed E-state index contributed by atoms with van der Waals surface area (Å²) in [6.45, 7) is 3.03. The maximum absolute atomic E-state index is 13.0. The number of halogens is 3. The van der Waals surface area contributed by atoms with E-state index < -0.39 is 30.2 Å². The number of anilines is 1. The highest BCUT2D eigenvalue weighted by molar-refractivity contribution is 7.99. The third kappa shape index (κ3) is 11.6. The van der Waals surface area contributed by atoms with Gasteiger partial charge in [0.25, 0.3) is 0 Å². The van der Waals surface area contributed by atoms with Crippen molar-refractivity contribution < 1.29 is 37.8 Å². The predicted octanol–water partition coefficient (Wildman–Crippen LogP) is 3.38. The molecule has 0 saturated heterocycles. The van der Waals surface area contributed by atoms with Gasteiger partial charge in [-0.15, -0.1) is 0 Å². The molecule has 2 aromatic carbocycles. The van der Waals surface area contributed by atoms with E-state index in [1.54, 1.807) is 11.8 Å². The summed E-state index contributed by atoms with van der Waals surface area (Å²) in [6, 6.07) is 12.1. The number of carboxylic acids is 2. The molecule has 2 aromatic rings. The molecular formula is C25H35F3N4O5S. The number of benzene rings is 2. The van der Waals surface area contributed by atoms with Crippen LogP contribution < -0.4 is 16.8 Å². The molecule has 0 aliphatic heterocycles. The van der Waals surface area contributed by atoms with Gasteiger partial charge in [-0.05, 0) is 48.0 Å². The first kappa shape index (κ1) is 33.0. The first-order valence-electron chi connectivity index (χ1n) is 12.0. The summed E-state index contributed by atoms with van der Waals surface area (Å²) < 4.78 is 31.7. The Kier molecular flexibility index (Phi) is 14.5. The van der Waals surface area contributed by atoms with Gasteiger partial charge in [-0.3, -0.25) is 4.79 Å². The molecule has 212 valence electrons. The molecule has 9 nitrogen and oxygen atoms in total. The van der Waals surface area contributed by atoms with E-state index in [0.29, 0.717) is 25.3 Å². The second-order valence-corrected chi connectivity index (χ2v) is 9.61. The molecule has 0 saturated carbocycles. The SMILES string of the molecule is CCSCCN(C(=O)[C@H](N)CCCCN)[C@@H](CNc1ccc2ccccc2c1)C(=O)O.O=C(O)C(F)(F)F. The van der Waals surface area contributed by atoms with Gasteiger partial charge in [0, 0.05) is 24.5 Å². The third-order valence-corrected chi connectivity index (χ3v) is 6.28. The number of carbonyl (C=O) groups is 3. The van der Waals surface area contributed by atoms with Crippen molar-refractivity contribution in [2.75, 3.05) is 36.5 Å². The molecule has 2 atom stereocenters. The van der Waals surface area contributed by atoms with E-state index in [0.717, 1.165) is 35.1 Å². The van der Waals surface area contributed by atoms with Crippen LogP contribution in [0.5, 0.6) is 0 Å². The van der Waals surface area contributed by atoms with Gasteiger partial charge in [0.1, 0.15) is 6.04 Å². The summed E-state index contributed by atoms with van der Waals surface area (Å²) in [6.07, 6.45) is -3.05. The number of carboxylic acid groups (broad SMARTS) is 2. The van der Waals surface area contributed by atoms with E-state index in [1.807, 2.05) is 49.4 Å². The average Bonchev–Trinajstić information content (AvgIpc) is 2.87. The first-order chi connectivity index (χ1) is 17.9. The fourth-order valence-electron chi connectivity index (χ4n) is 3.42. The van der Waals surface area contributed by atoms with E-state index in [9.17, 15) is 27.9 Å². The molecule has 0 heterocycles.